The molecular weight excluding hydrogens is 374 g/mol. The van der Waals surface area contributed by atoms with E-state index in [4.69, 9.17) is 19.9 Å². The van der Waals surface area contributed by atoms with Crippen molar-refractivity contribution in [2.75, 3.05) is 39.6 Å². The van der Waals surface area contributed by atoms with Gasteiger partial charge in [-0.2, -0.15) is 0 Å². The first-order valence-electron chi connectivity index (χ1n) is 9.50. The lowest BCUT2D eigenvalue weighted by molar-refractivity contribution is -0.119. The Hall–Kier alpha value is -3.26. The predicted molar refractivity (Wildman–Crippen MR) is 105 cm³/mol. The molecule has 0 spiro atoms. The van der Waals surface area contributed by atoms with Crippen LogP contribution in [-0.4, -0.2) is 61.2 Å². The molecule has 0 unspecified atom stereocenters. The molecule has 2 aliphatic heterocycles. The number of hydrogen-bond donors (Lipinski definition) is 1. The standard InChI is InChI=1S/C21H23N3O5/c22-20(25)13-27-17-3-1-2-16(11-17)21(26)24-8-6-23(7-9-24)12-15-4-5-18-19(10-15)29-14-28-18/h1-5,10-11H,6-9,12-14H2,(H2,22,25). The van der Waals surface area contributed by atoms with Crippen LogP contribution >= 0.6 is 0 Å². The Balaban J connectivity index is 1.31. The molecule has 152 valence electrons. The maximum atomic E-state index is 12.8. The average Bonchev–Trinajstić information content (AvgIpc) is 3.20. The van der Waals surface area contributed by atoms with E-state index in [0.29, 0.717) is 24.4 Å². The Kier molecular flexibility index (Phi) is 5.53. The van der Waals surface area contributed by atoms with Crippen LogP contribution < -0.4 is 19.9 Å². The van der Waals surface area contributed by atoms with Gasteiger partial charge >= 0.3 is 0 Å². The zero-order chi connectivity index (χ0) is 20.2. The van der Waals surface area contributed by atoms with Gasteiger partial charge in [0.15, 0.2) is 18.1 Å². The van der Waals surface area contributed by atoms with Gasteiger partial charge in [0.25, 0.3) is 11.8 Å². The minimum atomic E-state index is -0.555. The number of rotatable bonds is 6. The van der Waals surface area contributed by atoms with Crippen LogP contribution in [0.15, 0.2) is 42.5 Å². The fraction of sp³-hybridized carbons (Fsp3) is 0.333. The van der Waals surface area contributed by atoms with Gasteiger partial charge in [-0.3, -0.25) is 14.5 Å². The van der Waals surface area contributed by atoms with Crippen molar-refractivity contribution in [3.05, 3.63) is 53.6 Å². The monoisotopic (exact) mass is 397 g/mol. The molecule has 0 bridgehead atoms. The summed E-state index contributed by atoms with van der Waals surface area (Å²) in [6.07, 6.45) is 0. The second kappa shape index (κ2) is 8.40. The van der Waals surface area contributed by atoms with Crippen LogP contribution in [0.3, 0.4) is 0 Å². The van der Waals surface area contributed by atoms with E-state index in [1.165, 1.54) is 0 Å². The highest BCUT2D eigenvalue weighted by molar-refractivity contribution is 5.94. The normalized spacial score (nSPS) is 15.9. The molecule has 0 aliphatic carbocycles. The van der Waals surface area contributed by atoms with Crippen LogP contribution in [0.5, 0.6) is 17.2 Å². The van der Waals surface area contributed by atoms with Gasteiger partial charge in [-0.25, -0.2) is 0 Å². The van der Waals surface area contributed by atoms with Crippen LogP contribution in [0.4, 0.5) is 0 Å². The third-order valence-corrected chi connectivity index (χ3v) is 4.96. The van der Waals surface area contributed by atoms with E-state index in [1.54, 1.807) is 24.3 Å². The lowest BCUT2D eigenvalue weighted by Crippen LogP contribution is -2.48. The number of benzene rings is 2. The highest BCUT2D eigenvalue weighted by Crippen LogP contribution is 2.32. The van der Waals surface area contributed by atoms with Gasteiger partial charge in [-0.05, 0) is 35.9 Å². The maximum absolute atomic E-state index is 12.8. The Morgan fingerprint density at radius 2 is 1.79 bits per heavy atom. The van der Waals surface area contributed by atoms with E-state index in [1.807, 2.05) is 23.1 Å². The highest BCUT2D eigenvalue weighted by Gasteiger charge is 2.23. The largest absolute Gasteiger partial charge is 0.484 e. The third-order valence-electron chi connectivity index (χ3n) is 4.96. The van der Waals surface area contributed by atoms with E-state index >= 15 is 0 Å². The zero-order valence-electron chi connectivity index (χ0n) is 16.0. The summed E-state index contributed by atoms with van der Waals surface area (Å²) in [5, 5.41) is 0. The van der Waals surface area contributed by atoms with Crippen LogP contribution in [0.25, 0.3) is 0 Å². The van der Waals surface area contributed by atoms with Crippen molar-refractivity contribution in [1.29, 1.82) is 0 Å². The van der Waals surface area contributed by atoms with Crippen molar-refractivity contribution in [2.45, 2.75) is 6.54 Å². The van der Waals surface area contributed by atoms with Gasteiger partial charge in [0, 0.05) is 38.3 Å². The second-order valence-corrected chi connectivity index (χ2v) is 7.04. The number of ether oxygens (including phenoxy) is 3. The fourth-order valence-electron chi connectivity index (χ4n) is 3.46. The average molecular weight is 397 g/mol. The molecule has 8 heteroatoms. The summed E-state index contributed by atoms with van der Waals surface area (Å²) in [7, 11) is 0. The molecule has 2 heterocycles. The van der Waals surface area contributed by atoms with Crippen LogP contribution in [-0.2, 0) is 11.3 Å². The van der Waals surface area contributed by atoms with Gasteiger partial charge in [-0.15, -0.1) is 0 Å². The van der Waals surface area contributed by atoms with E-state index in [0.717, 1.165) is 36.7 Å². The topological polar surface area (TPSA) is 94.3 Å². The van der Waals surface area contributed by atoms with Crippen molar-refractivity contribution < 1.29 is 23.8 Å². The number of nitrogens with two attached hydrogens (primary N) is 1. The fourth-order valence-corrected chi connectivity index (χ4v) is 3.46. The summed E-state index contributed by atoms with van der Waals surface area (Å²) in [6, 6.07) is 12.8. The van der Waals surface area contributed by atoms with E-state index < -0.39 is 5.91 Å². The van der Waals surface area contributed by atoms with Gasteiger partial charge in [0.05, 0.1) is 0 Å². The highest BCUT2D eigenvalue weighted by atomic mass is 16.7. The molecule has 2 amide bonds. The minimum Gasteiger partial charge on any atom is -0.484 e. The second-order valence-electron chi connectivity index (χ2n) is 7.04. The SMILES string of the molecule is NC(=O)COc1cccc(C(=O)N2CCN(Cc3ccc4c(c3)OCO4)CC2)c1. The minimum absolute atomic E-state index is 0.0442. The number of carbonyl (C=O) groups is 2. The quantitative estimate of drug-likeness (QED) is 0.788. The van der Waals surface area contributed by atoms with E-state index in [2.05, 4.69) is 4.90 Å². The number of amides is 2. The van der Waals surface area contributed by atoms with Crippen LogP contribution in [0.1, 0.15) is 15.9 Å². The molecule has 2 aromatic rings. The molecular formula is C21H23N3O5. The van der Waals surface area contributed by atoms with Crippen molar-refractivity contribution in [1.82, 2.24) is 9.80 Å². The first-order chi connectivity index (χ1) is 14.1. The van der Waals surface area contributed by atoms with E-state index in [9.17, 15) is 9.59 Å². The molecule has 8 nitrogen and oxygen atoms in total. The number of hydrogen-bond acceptors (Lipinski definition) is 6. The summed E-state index contributed by atoms with van der Waals surface area (Å²) in [5.41, 5.74) is 6.79. The lowest BCUT2D eigenvalue weighted by Gasteiger charge is -2.34. The molecule has 0 aromatic heterocycles. The Morgan fingerprint density at radius 1 is 1.00 bits per heavy atom. The number of nitrogens with zero attached hydrogens (tertiary/aromatic N) is 2. The summed E-state index contributed by atoms with van der Waals surface area (Å²) in [4.78, 5) is 27.8. The molecule has 2 aromatic carbocycles. The molecule has 1 fully saturated rings. The Morgan fingerprint density at radius 3 is 2.59 bits per heavy atom. The number of fused-ring (bicyclic) bond motifs is 1. The van der Waals surface area contributed by atoms with Crippen molar-refractivity contribution in [3.8, 4) is 17.2 Å². The van der Waals surface area contributed by atoms with Gasteiger partial charge in [0.2, 0.25) is 6.79 Å². The Bertz CT molecular complexity index is 909. The molecule has 29 heavy (non-hydrogen) atoms. The first kappa shape index (κ1) is 19.1. The van der Waals surface area contributed by atoms with Gasteiger partial charge in [-0.1, -0.05) is 12.1 Å². The molecule has 4 rings (SSSR count). The van der Waals surface area contributed by atoms with Crippen LogP contribution in [0.2, 0.25) is 0 Å². The smallest absolute Gasteiger partial charge is 0.255 e. The number of primary amides is 1. The first-order valence-corrected chi connectivity index (χ1v) is 9.50. The van der Waals surface area contributed by atoms with Gasteiger partial charge < -0.3 is 24.8 Å². The van der Waals surface area contributed by atoms with Crippen molar-refractivity contribution in [3.63, 3.8) is 0 Å². The maximum Gasteiger partial charge on any atom is 0.255 e. The predicted octanol–water partition coefficient (Wildman–Crippen LogP) is 1.24. The van der Waals surface area contributed by atoms with Crippen LogP contribution in [0, 0.1) is 0 Å². The summed E-state index contributed by atoms with van der Waals surface area (Å²) < 4.78 is 16.1. The Labute approximate surface area is 168 Å². The van der Waals surface area contributed by atoms with Crippen molar-refractivity contribution in [2.24, 2.45) is 5.73 Å². The molecule has 1 saturated heterocycles. The number of piperazine rings is 1. The van der Waals surface area contributed by atoms with E-state index in [-0.39, 0.29) is 19.3 Å². The molecule has 0 radical (unpaired) electrons. The summed E-state index contributed by atoms with van der Waals surface area (Å²) in [5.74, 6) is 1.43. The lowest BCUT2D eigenvalue weighted by atomic mass is 10.1. The molecule has 2 aliphatic rings. The van der Waals surface area contributed by atoms with Crippen molar-refractivity contribution >= 4 is 11.8 Å². The summed E-state index contributed by atoms with van der Waals surface area (Å²) >= 11 is 0. The summed E-state index contributed by atoms with van der Waals surface area (Å²) in [6.45, 7) is 3.74. The molecule has 2 N–H and O–H groups in total. The number of carbonyl (C=O) groups excluding carboxylic acids is 2. The molecule has 0 atom stereocenters. The third kappa shape index (κ3) is 4.60. The van der Waals surface area contributed by atoms with Gasteiger partial charge in [0.1, 0.15) is 5.75 Å². The molecule has 0 saturated carbocycles. The zero-order valence-corrected chi connectivity index (χ0v) is 16.0.